The molecule has 0 spiro atoms. The van der Waals surface area contributed by atoms with Crippen LogP contribution in [0.5, 0.6) is 5.75 Å². The van der Waals surface area contributed by atoms with Crippen LogP contribution in [0.1, 0.15) is 33.6 Å². The summed E-state index contributed by atoms with van der Waals surface area (Å²) in [5.74, 6) is 0.0742. The van der Waals surface area contributed by atoms with Gasteiger partial charge in [-0.05, 0) is 55.5 Å². The van der Waals surface area contributed by atoms with Gasteiger partial charge in [-0.1, -0.05) is 12.1 Å². The van der Waals surface area contributed by atoms with Crippen LogP contribution >= 0.6 is 0 Å². The Bertz CT molecular complexity index is 931. The van der Waals surface area contributed by atoms with Gasteiger partial charge in [0, 0.05) is 5.56 Å². The molecule has 1 N–H and O–H groups in total. The number of benzene rings is 2. The SMILES string of the molecule is CC(=O)c1ccccc1NC(=O)c1ccc(COc2ccc(F)cc2)o1. The summed E-state index contributed by atoms with van der Waals surface area (Å²) in [6, 6.07) is 15.5. The van der Waals surface area contributed by atoms with Crippen LogP contribution in [-0.2, 0) is 6.61 Å². The van der Waals surface area contributed by atoms with E-state index in [1.807, 2.05) is 0 Å². The zero-order valence-corrected chi connectivity index (χ0v) is 14.0. The maximum absolute atomic E-state index is 12.9. The third kappa shape index (κ3) is 4.16. The van der Waals surface area contributed by atoms with Crippen molar-refractivity contribution in [2.45, 2.75) is 13.5 Å². The summed E-state index contributed by atoms with van der Waals surface area (Å²) in [6.45, 7) is 1.53. The number of carbonyl (C=O) groups excluding carboxylic acids is 2. The van der Waals surface area contributed by atoms with E-state index in [0.717, 1.165) is 0 Å². The number of hydrogen-bond acceptors (Lipinski definition) is 4. The van der Waals surface area contributed by atoms with Crippen molar-refractivity contribution in [2.24, 2.45) is 0 Å². The molecule has 3 aromatic rings. The van der Waals surface area contributed by atoms with Crippen molar-refractivity contribution in [1.29, 1.82) is 0 Å². The molecule has 0 fully saturated rings. The fourth-order valence-corrected chi connectivity index (χ4v) is 2.35. The summed E-state index contributed by atoms with van der Waals surface area (Å²) in [5.41, 5.74) is 0.845. The van der Waals surface area contributed by atoms with Gasteiger partial charge in [0.05, 0.1) is 5.69 Å². The van der Waals surface area contributed by atoms with Crippen molar-refractivity contribution in [3.8, 4) is 5.75 Å². The fourth-order valence-electron chi connectivity index (χ4n) is 2.35. The van der Waals surface area contributed by atoms with Crippen molar-refractivity contribution in [2.75, 3.05) is 5.32 Å². The van der Waals surface area contributed by atoms with E-state index in [-0.39, 0.29) is 24.0 Å². The molecule has 0 aliphatic heterocycles. The molecular formula is C20H16FNO4. The average Bonchev–Trinajstić information content (AvgIpc) is 3.11. The zero-order chi connectivity index (χ0) is 18.5. The van der Waals surface area contributed by atoms with E-state index in [0.29, 0.717) is 22.8 Å². The predicted molar refractivity (Wildman–Crippen MR) is 93.8 cm³/mol. The molecule has 1 heterocycles. The van der Waals surface area contributed by atoms with Crippen molar-refractivity contribution in [3.05, 3.63) is 83.6 Å². The Morgan fingerprint density at radius 3 is 2.50 bits per heavy atom. The number of rotatable bonds is 6. The molecule has 1 amide bonds. The van der Waals surface area contributed by atoms with E-state index >= 15 is 0 Å². The number of Topliss-reactive ketones (excluding diaryl/α,β-unsaturated/α-hetero) is 1. The molecule has 0 saturated carbocycles. The van der Waals surface area contributed by atoms with E-state index in [2.05, 4.69) is 5.32 Å². The van der Waals surface area contributed by atoms with E-state index in [4.69, 9.17) is 9.15 Å². The average molecular weight is 353 g/mol. The minimum absolute atomic E-state index is 0.0982. The number of anilines is 1. The Labute approximate surface area is 149 Å². The number of hydrogen-bond donors (Lipinski definition) is 1. The third-order valence-electron chi connectivity index (χ3n) is 3.63. The molecule has 0 radical (unpaired) electrons. The highest BCUT2D eigenvalue weighted by Crippen LogP contribution is 2.19. The van der Waals surface area contributed by atoms with Crippen LogP contribution in [0.15, 0.2) is 65.1 Å². The van der Waals surface area contributed by atoms with Crippen LogP contribution < -0.4 is 10.1 Å². The number of furan rings is 1. The zero-order valence-electron chi connectivity index (χ0n) is 14.0. The molecule has 5 nitrogen and oxygen atoms in total. The van der Waals surface area contributed by atoms with Crippen molar-refractivity contribution < 1.29 is 23.1 Å². The van der Waals surface area contributed by atoms with E-state index in [1.54, 1.807) is 30.3 Å². The number of ether oxygens (including phenoxy) is 1. The molecule has 0 aliphatic rings. The first-order valence-electron chi connectivity index (χ1n) is 7.91. The summed E-state index contributed by atoms with van der Waals surface area (Å²) < 4.78 is 23.8. The first-order chi connectivity index (χ1) is 12.5. The molecule has 0 bridgehead atoms. The summed E-state index contributed by atoms with van der Waals surface area (Å²) in [7, 11) is 0. The lowest BCUT2D eigenvalue weighted by Crippen LogP contribution is -2.13. The number of nitrogens with one attached hydrogen (secondary N) is 1. The summed E-state index contributed by atoms with van der Waals surface area (Å²) in [4.78, 5) is 23.9. The molecule has 0 atom stereocenters. The Morgan fingerprint density at radius 1 is 1.04 bits per heavy atom. The molecule has 0 saturated heterocycles. The van der Waals surface area contributed by atoms with Crippen LogP contribution in [0.2, 0.25) is 0 Å². The van der Waals surface area contributed by atoms with Crippen molar-refractivity contribution >= 4 is 17.4 Å². The van der Waals surface area contributed by atoms with Crippen molar-refractivity contribution in [1.82, 2.24) is 0 Å². The molecule has 3 rings (SSSR count). The highest BCUT2D eigenvalue weighted by Gasteiger charge is 2.15. The van der Waals surface area contributed by atoms with Crippen LogP contribution in [-0.4, -0.2) is 11.7 Å². The second-order valence-corrected chi connectivity index (χ2v) is 5.56. The highest BCUT2D eigenvalue weighted by atomic mass is 19.1. The largest absolute Gasteiger partial charge is 0.486 e. The predicted octanol–water partition coefficient (Wildman–Crippen LogP) is 4.45. The second-order valence-electron chi connectivity index (χ2n) is 5.56. The maximum Gasteiger partial charge on any atom is 0.291 e. The monoisotopic (exact) mass is 353 g/mol. The van der Waals surface area contributed by atoms with Crippen LogP contribution in [0.25, 0.3) is 0 Å². The standard InChI is InChI=1S/C20H16FNO4/c1-13(23)17-4-2-3-5-18(17)22-20(24)19-11-10-16(26-19)12-25-15-8-6-14(21)7-9-15/h2-11H,12H2,1H3,(H,22,24). The summed E-state index contributed by atoms with van der Waals surface area (Å²) >= 11 is 0. The maximum atomic E-state index is 12.9. The molecule has 6 heteroatoms. The van der Waals surface area contributed by atoms with Gasteiger partial charge < -0.3 is 14.5 Å². The topological polar surface area (TPSA) is 68.5 Å². The molecule has 1 aromatic heterocycles. The first kappa shape index (κ1) is 17.4. The van der Waals surface area contributed by atoms with E-state index in [1.165, 1.54) is 37.3 Å². The summed E-state index contributed by atoms with van der Waals surface area (Å²) in [5, 5.41) is 2.67. The first-order valence-corrected chi connectivity index (χ1v) is 7.91. The molecular weight excluding hydrogens is 337 g/mol. The highest BCUT2D eigenvalue weighted by molar-refractivity contribution is 6.07. The van der Waals surface area contributed by atoms with Crippen LogP contribution in [0.4, 0.5) is 10.1 Å². The van der Waals surface area contributed by atoms with Crippen LogP contribution in [0.3, 0.4) is 0 Å². The number of para-hydroxylation sites is 1. The lowest BCUT2D eigenvalue weighted by Gasteiger charge is -2.07. The van der Waals surface area contributed by atoms with Gasteiger partial charge in [-0.3, -0.25) is 9.59 Å². The van der Waals surface area contributed by atoms with Gasteiger partial charge in [0.25, 0.3) is 5.91 Å². The lowest BCUT2D eigenvalue weighted by molar-refractivity contribution is 0.0992. The summed E-state index contributed by atoms with van der Waals surface area (Å²) in [6.07, 6.45) is 0. The lowest BCUT2D eigenvalue weighted by atomic mass is 10.1. The minimum atomic E-state index is -0.466. The molecule has 2 aromatic carbocycles. The quantitative estimate of drug-likeness (QED) is 0.665. The fraction of sp³-hybridized carbons (Fsp3) is 0.100. The van der Waals surface area contributed by atoms with Gasteiger partial charge in [-0.25, -0.2) is 4.39 Å². The smallest absolute Gasteiger partial charge is 0.291 e. The third-order valence-corrected chi connectivity index (χ3v) is 3.63. The van der Waals surface area contributed by atoms with E-state index in [9.17, 15) is 14.0 Å². The normalized spacial score (nSPS) is 10.4. The number of amides is 1. The van der Waals surface area contributed by atoms with Gasteiger partial charge in [0.15, 0.2) is 11.5 Å². The number of halogens is 1. The molecule has 0 aliphatic carbocycles. The van der Waals surface area contributed by atoms with Crippen LogP contribution in [0, 0.1) is 5.82 Å². The minimum Gasteiger partial charge on any atom is -0.486 e. The van der Waals surface area contributed by atoms with Gasteiger partial charge in [-0.2, -0.15) is 0 Å². The molecule has 132 valence electrons. The number of carbonyl (C=O) groups is 2. The Balaban J connectivity index is 1.65. The van der Waals surface area contributed by atoms with Crippen molar-refractivity contribution in [3.63, 3.8) is 0 Å². The number of ketones is 1. The van der Waals surface area contributed by atoms with Gasteiger partial charge in [-0.15, -0.1) is 0 Å². The Hall–Kier alpha value is -3.41. The van der Waals surface area contributed by atoms with E-state index < -0.39 is 5.91 Å². The molecule has 0 unspecified atom stereocenters. The second kappa shape index (κ2) is 7.65. The van der Waals surface area contributed by atoms with Gasteiger partial charge in [0.1, 0.15) is 23.9 Å². The Morgan fingerprint density at radius 2 is 1.77 bits per heavy atom. The van der Waals surface area contributed by atoms with Gasteiger partial charge >= 0.3 is 0 Å². The Kier molecular flexibility index (Phi) is 5.12. The molecule has 26 heavy (non-hydrogen) atoms. The van der Waals surface area contributed by atoms with Gasteiger partial charge in [0.2, 0.25) is 0 Å².